The van der Waals surface area contributed by atoms with Gasteiger partial charge in [0.2, 0.25) is 0 Å². The molecule has 3 heteroatoms. The van der Waals surface area contributed by atoms with Gasteiger partial charge in [-0.05, 0) is 64.2 Å². The summed E-state index contributed by atoms with van der Waals surface area (Å²) < 4.78 is 2.18. The van der Waals surface area contributed by atoms with E-state index < -0.39 is 0 Å². The van der Waals surface area contributed by atoms with Crippen molar-refractivity contribution < 1.29 is 0 Å². The van der Waals surface area contributed by atoms with Crippen LogP contribution in [0.4, 0.5) is 17.1 Å². The molecule has 0 bridgehead atoms. The molecule has 0 fully saturated rings. The molecule has 0 aliphatic rings. The Morgan fingerprint density at radius 2 is 1.38 bits per heavy atom. The van der Waals surface area contributed by atoms with Crippen LogP contribution in [0.1, 0.15) is 16.0 Å². The zero-order chi connectivity index (χ0) is 27.4. The van der Waals surface area contributed by atoms with Crippen LogP contribution in [0, 0.1) is 0 Å². The maximum atomic E-state index is 4.08. The molecule has 39 heavy (non-hydrogen) atoms. The van der Waals surface area contributed by atoms with Crippen LogP contribution in [0.25, 0.3) is 38.9 Å². The molecule has 1 aromatic heterocycles. The molecule has 0 aliphatic carbocycles. The second-order valence-corrected chi connectivity index (χ2v) is 10.9. The lowest BCUT2D eigenvalue weighted by atomic mass is 10.0. The highest BCUT2D eigenvalue weighted by molar-refractivity contribution is 9.10. The van der Waals surface area contributed by atoms with Gasteiger partial charge in [-0.2, -0.15) is 0 Å². The van der Waals surface area contributed by atoms with E-state index in [1.165, 1.54) is 15.8 Å². The number of benzene rings is 4. The van der Waals surface area contributed by atoms with Gasteiger partial charge in [-0.1, -0.05) is 127 Å². The lowest BCUT2D eigenvalue weighted by Gasteiger charge is -2.27. The second-order valence-electron chi connectivity index (χ2n) is 8.95. The summed E-state index contributed by atoms with van der Waals surface area (Å²) in [4.78, 5) is 3.42. The SMILES string of the molecule is C=C/C=C(\C=C)c1ccc(N(c2ccc(-c3ccccc3)cc2)c2cc(Br)cc3c(C=C)c(C=C)sc23)cc1. The van der Waals surface area contributed by atoms with Crippen LogP contribution in [0.5, 0.6) is 0 Å². The van der Waals surface area contributed by atoms with Gasteiger partial charge in [0.05, 0.1) is 10.4 Å². The van der Waals surface area contributed by atoms with Crippen molar-refractivity contribution in [2.75, 3.05) is 4.90 Å². The van der Waals surface area contributed by atoms with Crippen molar-refractivity contribution in [2.24, 2.45) is 0 Å². The van der Waals surface area contributed by atoms with Crippen molar-refractivity contribution in [3.8, 4) is 11.1 Å². The smallest absolute Gasteiger partial charge is 0.0651 e. The average molecular weight is 587 g/mol. The first-order valence-electron chi connectivity index (χ1n) is 12.6. The molecule has 4 aromatic carbocycles. The van der Waals surface area contributed by atoms with Crippen LogP contribution >= 0.6 is 27.3 Å². The lowest BCUT2D eigenvalue weighted by molar-refractivity contribution is 1.30. The number of thiophene rings is 1. The lowest BCUT2D eigenvalue weighted by Crippen LogP contribution is -2.10. The first-order chi connectivity index (χ1) is 19.1. The Bertz CT molecular complexity index is 1700. The molecule has 0 aliphatic heterocycles. The second kappa shape index (κ2) is 11.7. The third kappa shape index (κ3) is 5.24. The molecule has 0 radical (unpaired) electrons. The highest BCUT2D eigenvalue weighted by Crippen LogP contribution is 2.46. The summed E-state index contributed by atoms with van der Waals surface area (Å²) in [6.45, 7) is 15.9. The number of fused-ring (bicyclic) bond motifs is 1. The number of allylic oxidation sites excluding steroid dienone is 4. The van der Waals surface area contributed by atoms with Gasteiger partial charge in [0.15, 0.2) is 0 Å². The third-order valence-corrected chi connectivity index (χ3v) is 8.34. The molecular weight excluding hydrogens is 558 g/mol. The topological polar surface area (TPSA) is 3.24 Å². The zero-order valence-corrected chi connectivity index (χ0v) is 24.0. The Balaban J connectivity index is 1.71. The number of halogens is 1. The molecule has 0 saturated carbocycles. The largest absolute Gasteiger partial charge is 0.309 e. The molecule has 0 amide bonds. The Hall–Kier alpha value is -4.18. The fourth-order valence-corrected chi connectivity index (χ4v) is 6.37. The molecule has 0 spiro atoms. The predicted molar refractivity (Wildman–Crippen MR) is 178 cm³/mol. The van der Waals surface area contributed by atoms with Crippen molar-refractivity contribution in [3.05, 3.63) is 156 Å². The predicted octanol–water partition coefficient (Wildman–Crippen LogP) is 11.8. The van der Waals surface area contributed by atoms with Gasteiger partial charge in [0.25, 0.3) is 0 Å². The summed E-state index contributed by atoms with van der Waals surface area (Å²) in [6.07, 6.45) is 9.44. The Kier molecular flexibility index (Phi) is 7.92. The average Bonchev–Trinajstić information content (AvgIpc) is 3.35. The van der Waals surface area contributed by atoms with Crippen LogP contribution in [-0.4, -0.2) is 0 Å². The van der Waals surface area contributed by atoms with Crippen LogP contribution in [0.15, 0.2) is 140 Å². The third-order valence-electron chi connectivity index (χ3n) is 6.64. The van der Waals surface area contributed by atoms with E-state index in [2.05, 4.69) is 132 Å². The molecule has 190 valence electrons. The molecule has 1 nitrogen and oxygen atoms in total. The zero-order valence-electron chi connectivity index (χ0n) is 21.6. The first-order valence-corrected chi connectivity index (χ1v) is 14.2. The maximum Gasteiger partial charge on any atom is 0.0651 e. The summed E-state index contributed by atoms with van der Waals surface area (Å²) in [5.41, 5.74) is 8.82. The minimum Gasteiger partial charge on any atom is -0.309 e. The molecule has 0 atom stereocenters. The minimum absolute atomic E-state index is 1.01. The van der Waals surface area contributed by atoms with Gasteiger partial charge in [-0.3, -0.25) is 0 Å². The van der Waals surface area contributed by atoms with E-state index in [9.17, 15) is 0 Å². The highest BCUT2D eigenvalue weighted by Gasteiger charge is 2.20. The molecular formula is C36H28BrNS. The van der Waals surface area contributed by atoms with E-state index in [4.69, 9.17) is 0 Å². The summed E-state index contributed by atoms with van der Waals surface area (Å²) in [7, 11) is 0. The molecule has 5 aromatic rings. The van der Waals surface area contributed by atoms with Crippen molar-refractivity contribution in [3.63, 3.8) is 0 Å². The normalized spacial score (nSPS) is 11.3. The summed E-state index contributed by atoms with van der Waals surface area (Å²) in [6, 6.07) is 32.1. The summed E-state index contributed by atoms with van der Waals surface area (Å²) >= 11 is 5.52. The standard InChI is InChI=1S/C36H28BrNS/c1-5-12-25(6-2)27-15-19-30(20-16-27)38(31-21-17-28(18-22-31)26-13-10-9-11-14-26)34-24-29(37)23-33-32(7-3)35(8-4)39-36(33)34/h5-24H,1-4H2/b25-12+. The number of hydrogen-bond acceptors (Lipinski definition) is 2. The Labute approximate surface area is 243 Å². The Morgan fingerprint density at radius 1 is 0.744 bits per heavy atom. The fourth-order valence-electron chi connectivity index (χ4n) is 4.79. The van der Waals surface area contributed by atoms with Gasteiger partial charge in [-0.15, -0.1) is 11.3 Å². The van der Waals surface area contributed by atoms with Crippen molar-refractivity contribution in [1.29, 1.82) is 0 Å². The summed E-state index contributed by atoms with van der Waals surface area (Å²) in [5.74, 6) is 0. The minimum atomic E-state index is 1.01. The quantitative estimate of drug-likeness (QED) is 0.155. The van der Waals surface area contributed by atoms with Gasteiger partial charge in [0, 0.05) is 26.1 Å². The highest BCUT2D eigenvalue weighted by atomic mass is 79.9. The van der Waals surface area contributed by atoms with E-state index in [1.54, 1.807) is 17.4 Å². The van der Waals surface area contributed by atoms with Gasteiger partial charge in [-0.25, -0.2) is 0 Å². The number of hydrogen-bond donors (Lipinski definition) is 0. The molecule has 5 rings (SSSR count). The molecule has 0 N–H and O–H groups in total. The van der Waals surface area contributed by atoms with Crippen molar-refractivity contribution in [2.45, 2.75) is 0 Å². The van der Waals surface area contributed by atoms with Crippen LogP contribution < -0.4 is 4.90 Å². The van der Waals surface area contributed by atoms with Gasteiger partial charge < -0.3 is 4.90 Å². The number of nitrogens with zero attached hydrogens (tertiary/aromatic N) is 1. The van der Waals surface area contributed by atoms with Crippen LogP contribution in [-0.2, 0) is 0 Å². The van der Waals surface area contributed by atoms with Crippen LogP contribution in [0.2, 0.25) is 0 Å². The van der Waals surface area contributed by atoms with E-state index in [1.807, 2.05) is 30.4 Å². The summed E-state index contributed by atoms with van der Waals surface area (Å²) in [5, 5.41) is 1.15. The van der Waals surface area contributed by atoms with E-state index in [0.717, 1.165) is 48.5 Å². The monoisotopic (exact) mass is 585 g/mol. The van der Waals surface area contributed by atoms with Crippen LogP contribution in [0.3, 0.4) is 0 Å². The molecule has 1 heterocycles. The number of anilines is 3. The fraction of sp³-hybridized carbons (Fsp3) is 0. The van der Waals surface area contributed by atoms with E-state index in [-0.39, 0.29) is 0 Å². The molecule has 0 unspecified atom stereocenters. The van der Waals surface area contributed by atoms with Crippen molar-refractivity contribution >= 4 is 72.1 Å². The Morgan fingerprint density at radius 3 is 1.97 bits per heavy atom. The number of rotatable bonds is 9. The van der Waals surface area contributed by atoms with E-state index in [0.29, 0.717) is 0 Å². The van der Waals surface area contributed by atoms with Gasteiger partial charge in [0.1, 0.15) is 0 Å². The van der Waals surface area contributed by atoms with Gasteiger partial charge >= 0.3 is 0 Å². The van der Waals surface area contributed by atoms with Crippen molar-refractivity contribution in [1.82, 2.24) is 0 Å². The maximum absolute atomic E-state index is 4.08. The molecule has 0 saturated heterocycles. The first kappa shape index (κ1) is 26.4. The van der Waals surface area contributed by atoms with E-state index >= 15 is 0 Å².